The molecule has 4 rings (SSSR count). The van der Waals surface area contributed by atoms with Crippen molar-refractivity contribution in [2.45, 2.75) is 19.5 Å². The van der Waals surface area contributed by atoms with E-state index in [4.69, 9.17) is 25.7 Å². The van der Waals surface area contributed by atoms with Crippen molar-refractivity contribution in [3.63, 3.8) is 0 Å². The van der Waals surface area contributed by atoms with E-state index in [2.05, 4.69) is 25.7 Å². The van der Waals surface area contributed by atoms with Crippen LogP contribution in [0.25, 0.3) is 11.0 Å². The summed E-state index contributed by atoms with van der Waals surface area (Å²) in [6.07, 6.45) is 0.583. The molecule has 3 heterocycles. The summed E-state index contributed by atoms with van der Waals surface area (Å²) in [5, 5.41) is 8.20. The largest absolute Gasteiger partial charge is 0.423 e. The highest BCUT2D eigenvalue weighted by molar-refractivity contribution is 6.17. The normalized spacial score (nSPS) is 15.9. The molecule has 0 bridgehead atoms. The SMILES string of the molecule is ClCCc1nnc(Cn2c(CN3CCOCC3)nc3ccccc32)o1. The van der Waals surface area contributed by atoms with Crippen LogP contribution in [0.3, 0.4) is 0 Å². The second-order valence-corrected chi connectivity index (χ2v) is 6.40. The number of fused-ring (bicyclic) bond motifs is 1. The van der Waals surface area contributed by atoms with Gasteiger partial charge in [-0.1, -0.05) is 12.1 Å². The summed E-state index contributed by atoms with van der Waals surface area (Å²) in [6.45, 7) is 4.67. The van der Waals surface area contributed by atoms with Crippen LogP contribution in [0.5, 0.6) is 0 Å². The molecule has 0 aliphatic carbocycles. The average Bonchev–Trinajstić information content (AvgIpc) is 3.22. The number of halogens is 1. The van der Waals surface area contributed by atoms with Gasteiger partial charge in [0.1, 0.15) is 12.4 Å². The minimum atomic E-state index is 0.470. The Balaban J connectivity index is 1.63. The van der Waals surface area contributed by atoms with Crippen molar-refractivity contribution in [1.82, 2.24) is 24.6 Å². The van der Waals surface area contributed by atoms with Crippen LogP contribution in [0.1, 0.15) is 17.6 Å². The standard InChI is InChI=1S/C17H20ClN5O2/c18-6-5-16-20-21-17(25-16)12-23-14-4-2-1-3-13(14)19-15(23)11-22-7-9-24-10-8-22/h1-4H,5-12H2. The number of hydrogen-bond acceptors (Lipinski definition) is 6. The molecule has 1 aliphatic rings. The number of para-hydroxylation sites is 2. The number of alkyl halides is 1. The number of benzene rings is 1. The van der Waals surface area contributed by atoms with Gasteiger partial charge in [0.15, 0.2) is 0 Å². The first-order chi connectivity index (χ1) is 12.3. The Morgan fingerprint density at radius 1 is 1.04 bits per heavy atom. The Labute approximate surface area is 150 Å². The van der Waals surface area contributed by atoms with E-state index in [0.717, 1.165) is 49.7 Å². The summed E-state index contributed by atoms with van der Waals surface area (Å²) in [4.78, 5) is 7.17. The van der Waals surface area contributed by atoms with Crippen molar-refractivity contribution in [2.24, 2.45) is 0 Å². The highest BCUT2D eigenvalue weighted by atomic mass is 35.5. The van der Waals surface area contributed by atoms with E-state index in [1.807, 2.05) is 18.2 Å². The molecule has 0 spiro atoms. The molecule has 0 unspecified atom stereocenters. The van der Waals surface area contributed by atoms with Gasteiger partial charge in [-0.3, -0.25) is 4.90 Å². The van der Waals surface area contributed by atoms with Crippen LogP contribution in [0.2, 0.25) is 0 Å². The maximum absolute atomic E-state index is 5.74. The minimum Gasteiger partial charge on any atom is -0.423 e. The van der Waals surface area contributed by atoms with Gasteiger partial charge < -0.3 is 13.7 Å². The monoisotopic (exact) mass is 361 g/mol. The summed E-state index contributed by atoms with van der Waals surface area (Å²) in [7, 11) is 0. The minimum absolute atomic E-state index is 0.470. The predicted molar refractivity (Wildman–Crippen MR) is 93.7 cm³/mol. The van der Waals surface area contributed by atoms with Gasteiger partial charge in [0, 0.05) is 25.4 Å². The van der Waals surface area contributed by atoms with Gasteiger partial charge in [-0.15, -0.1) is 21.8 Å². The summed E-state index contributed by atoms with van der Waals surface area (Å²) >= 11 is 5.74. The fraction of sp³-hybridized carbons (Fsp3) is 0.471. The van der Waals surface area contributed by atoms with Gasteiger partial charge in [-0.05, 0) is 12.1 Å². The molecule has 0 saturated carbocycles. The molecule has 3 aromatic rings. The van der Waals surface area contributed by atoms with Crippen molar-refractivity contribution >= 4 is 22.6 Å². The maximum Gasteiger partial charge on any atom is 0.236 e. The molecule has 2 aromatic heterocycles. The van der Waals surface area contributed by atoms with Crippen LogP contribution in [0.4, 0.5) is 0 Å². The lowest BCUT2D eigenvalue weighted by Crippen LogP contribution is -2.36. The molecule has 7 nitrogen and oxygen atoms in total. The highest BCUT2D eigenvalue weighted by Crippen LogP contribution is 2.19. The highest BCUT2D eigenvalue weighted by Gasteiger charge is 2.18. The first-order valence-electron chi connectivity index (χ1n) is 8.45. The lowest BCUT2D eigenvalue weighted by molar-refractivity contribution is 0.0326. The van der Waals surface area contributed by atoms with E-state index >= 15 is 0 Å². The Hall–Kier alpha value is -1.96. The number of imidazole rings is 1. The van der Waals surface area contributed by atoms with Crippen molar-refractivity contribution in [2.75, 3.05) is 32.2 Å². The van der Waals surface area contributed by atoms with E-state index in [1.54, 1.807) is 0 Å². The van der Waals surface area contributed by atoms with Crippen LogP contribution in [-0.2, 0) is 24.2 Å². The van der Waals surface area contributed by atoms with Crippen LogP contribution >= 0.6 is 11.6 Å². The van der Waals surface area contributed by atoms with Gasteiger partial charge in [0.2, 0.25) is 11.8 Å². The molecule has 1 saturated heterocycles. The molecule has 0 amide bonds. The van der Waals surface area contributed by atoms with Gasteiger partial charge in [-0.25, -0.2) is 4.98 Å². The fourth-order valence-electron chi connectivity index (χ4n) is 3.05. The summed E-state index contributed by atoms with van der Waals surface area (Å²) in [5.74, 6) is 2.62. The van der Waals surface area contributed by atoms with Crippen molar-refractivity contribution in [1.29, 1.82) is 0 Å². The fourth-order valence-corrected chi connectivity index (χ4v) is 3.21. The van der Waals surface area contributed by atoms with E-state index < -0.39 is 0 Å². The number of rotatable bonds is 6. The van der Waals surface area contributed by atoms with E-state index in [0.29, 0.717) is 30.6 Å². The molecule has 0 radical (unpaired) electrons. The van der Waals surface area contributed by atoms with Gasteiger partial charge in [0.25, 0.3) is 0 Å². The third-order valence-corrected chi connectivity index (χ3v) is 4.50. The van der Waals surface area contributed by atoms with E-state index in [1.165, 1.54) is 0 Å². The molecule has 25 heavy (non-hydrogen) atoms. The Morgan fingerprint density at radius 2 is 1.84 bits per heavy atom. The molecule has 0 atom stereocenters. The smallest absolute Gasteiger partial charge is 0.236 e. The average molecular weight is 362 g/mol. The van der Waals surface area contributed by atoms with Crippen LogP contribution in [0, 0.1) is 0 Å². The zero-order valence-electron chi connectivity index (χ0n) is 13.9. The molecule has 132 valence electrons. The molecule has 1 aliphatic heterocycles. The lowest BCUT2D eigenvalue weighted by Gasteiger charge is -2.26. The molecule has 0 N–H and O–H groups in total. The Bertz CT molecular complexity index is 841. The van der Waals surface area contributed by atoms with Gasteiger partial charge >= 0.3 is 0 Å². The Kier molecular flexibility index (Phi) is 4.96. The van der Waals surface area contributed by atoms with Gasteiger partial charge in [-0.2, -0.15) is 0 Å². The number of nitrogens with zero attached hydrogens (tertiary/aromatic N) is 5. The summed E-state index contributed by atoms with van der Waals surface area (Å²) < 4.78 is 13.3. The topological polar surface area (TPSA) is 69.2 Å². The second kappa shape index (κ2) is 7.51. The maximum atomic E-state index is 5.74. The number of aryl methyl sites for hydroxylation is 1. The van der Waals surface area contributed by atoms with Crippen LogP contribution in [0.15, 0.2) is 28.7 Å². The van der Waals surface area contributed by atoms with Gasteiger partial charge in [0.05, 0.1) is 30.8 Å². The molecular formula is C17H20ClN5O2. The number of aromatic nitrogens is 4. The zero-order chi connectivity index (χ0) is 17.1. The third kappa shape index (κ3) is 3.68. The molecular weight excluding hydrogens is 342 g/mol. The van der Waals surface area contributed by atoms with Crippen molar-refractivity contribution < 1.29 is 9.15 Å². The van der Waals surface area contributed by atoms with E-state index in [-0.39, 0.29) is 0 Å². The first kappa shape index (κ1) is 16.5. The first-order valence-corrected chi connectivity index (χ1v) is 8.98. The molecule has 1 fully saturated rings. The zero-order valence-corrected chi connectivity index (χ0v) is 14.7. The number of morpholine rings is 1. The summed E-state index contributed by atoms with van der Waals surface area (Å²) in [5.41, 5.74) is 2.05. The lowest BCUT2D eigenvalue weighted by atomic mass is 10.3. The quantitative estimate of drug-likeness (QED) is 0.626. The van der Waals surface area contributed by atoms with Crippen molar-refractivity contribution in [3.8, 4) is 0 Å². The third-order valence-electron chi connectivity index (χ3n) is 4.31. The second-order valence-electron chi connectivity index (χ2n) is 6.02. The van der Waals surface area contributed by atoms with Crippen LogP contribution < -0.4 is 0 Å². The molecule has 1 aromatic carbocycles. The van der Waals surface area contributed by atoms with Crippen LogP contribution in [-0.4, -0.2) is 56.8 Å². The Morgan fingerprint density at radius 3 is 2.68 bits per heavy atom. The number of ether oxygens (including phenoxy) is 1. The number of hydrogen-bond donors (Lipinski definition) is 0. The molecule has 8 heteroatoms. The van der Waals surface area contributed by atoms with E-state index in [9.17, 15) is 0 Å². The summed E-state index contributed by atoms with van der Waals surface area (Å²) in [6, 6.07) is 8.12. The van der Waals surface area contributed by atoms with Crippen molar-refractivity contribution in [3.05, 3.63) is 41.9 Å². The predicted octanol–water partition coefficient (Wildman–Crippen LogP) is 2.08.